The van der Waals surface area contributed by atoms with E-state index in [0.29, 0.717) is 31.9 Å². The number of aliphatic hydroxyl groups excluding tert-OH is 2. The van der Waals surface area contributed by atoms with Crippen molar-refractivity contribution in [3.63, 3.8) is 0 Å². The molecule has 1 unspecified atom stereocenters. The maximum atomic E-state index is 13.3. The molecule has 3 aliphatic heterocycles. The molecule has 3 heterocycles. The molecule has 1 aromatic carbocycles. The van der Waals surface area contributed by atoms with Crippen LogP contribution in [0.25, 0.3) is 0 Å². The van der Waals surface area contributed by atoms with E-state index in [-0.39, 0.29) is 17.1 Å². The van der Waals surface area contributed by atoms with Crippen LogP contribution in [0.3, 0.4) is 0 Å². The molecule has 0 aliphatic carbocycles. The van der Waals surface area contributed by atoms with E-state index >= 15 is 0 Å². The zero-order valence-electron chi connectivity index (χ0n) is 19.8. The van der Waals surface area contributed by atoms with Crippen molar-refractivity contribution >= 4 is 35.0 Å². The average Bonchev–Trinajstić information content (AvgIpc) is 3.52. The fourth-order valence-electron chi connectivity index (χ4n) is 5.21. The quantitative estimate of drug-likeness (QED) is 0.345. The lowest BCUT2D eigenvalue weighted by molar-refractivity contribution is -0.156. The molecule has 192 valence electrons. The van der Waals surface area contributed by atoms with Crippen molar-refractivity contribution in [2.75, 3.05) is 36.8 Å². The lowest BCUT2D eigenvalue weighted by Crippen LogP contribution is -2.59. The number of nitrogens with two attached hydrogens (primary N) is 1. The Morgan fingerprint density at radius 1 is 1.29 bits per heavy atom. The van der Waals surface area contributed by atoms with Gasteiger partial charge >= 0.3 is 0 Å². The number of nitrogen functional groups attached to an aromatic ring is 1. The van der Waals surface area contributed by atoms with E-state index in [0.717, 1.165) is 31.4 Å². The number of nitrogens with one attached hydrogen (secondary N) is 2. The third-order valence-electron chi connectivity index (χ3n) is 7.37. The SMILES string of the molecule is C[C@]1(C2NC=CS2)CCCN1C(=O)[C@H](O)[C@@H](O)C(=O)NCC1CCN(c2ccc(F)cc2N)CC1. The minimum atomic E-state index is -1.84. The Kier molecular flexibility index (Phi) is 7.77. The van der Waals surface area contributed by atoms with E-state index in [1.165, 1.54) is 12.1 Å². The first-order valence-electron chi connectivity index (χ1n) is 12.0. The Balaban J connectivity index is 1.26. The smallest absolute Gasteiger partial charge is 0.255 e. The molecule has 9 nitrogen and oxygen atoms in total. The first-order valence-corrected chi connectivity index (χ1v) is 13.0. The van der Waals surface area contributed by atoms with E-state index in [1.54, 1.807) is 22.7 Å². The van der Waals surface area contributed by atoms with Crippen LogP contribution in [0.15, 0.2) is 29.8 Å². The number of hydrogen-bond donors (Lipinski definition) is 5. The summed E-state index contributed by atoms with van der Waals surface area (Å²) in [5, 5.41) is 28.8. The maximum absolute atomic E-state index is 13.3. The van der Waals surface area contributed by atoms with Crippen LogP contribution >= 0.6 is 11.8 Å². The van der Waals surface area contributed by atoms with Gasteiger partial charge in [-0.2, -0.15) is 0 Å². The number of amides is 2. The van der Waals surface area contributed by atoms with Gasteiger partial charge < -0.3 is 36.4 Å². The Morgan fingerprint density at radius 2 is 2.03 bits per heavy atom. The number of nitrogens with zero attached hydrogens (tertiary/aromatic N) is 2. The Morgan fingerprint density at radius 3 is 2.69 bits per heavy atom. The number of halogens is 1. The number of hydrogen-bond acceptors (Lipinski definition) is 8. The van der Waals surface area contributed by atoms with Crippen LogP contribution in [0.2, 0.25) is 0 Å². The first kappa shape index (κ1) is 25.6. The molecule has 0 saturated carbocycles. The molecule has 0 bridgehead atoms. The number of carbonyl (C=O) groups excluding carboxylic acids is 2. The van der Waals surface area contributed by atoms with Crippen molar-refractivity contribution in [3.05, 3.63) is 35.6 Å². The highest BCUT2D eigenvalue weighted by Gasteiger charge is 2.49. The highest BCUT2D eigenvalue weighted by Crippen LogP contribution is 2.39. The summed E-state index contributed by atoms with van der Waals surface area (Å²) in [5.41, 5.74) is 6.60. The number of piperidine rings is 1. The molecule has 4 rings (SSSR count). The molecule has 3 aliphatic rings. The van der Waals surface area contributed by atoms with Crippen molar-refractivity contribution < 1.29 is 24.2 Å². The Bertz CT molecular complexity index is 965. The third kappa shape index (κ3) is 5.36. The fraction of sp³-hybridized carbons (Fsp3) is 0.583. The Hall–Kier alpha value is -2.50. The second-order valence-electron chi connectivity index (χ2n) is 9.70. The topological polar surface area (TPSA) is 131 Å². The van der Waals surface area contributed by atoms with Gasteiger partial charge in [0.25, 0.3) is 11.8 Å². The summed E-state index contributed by atoms with van der Waals surface area (Å²) in [4.78, 5) is 29.2. The highest BCUT2D eigenvalue weighted by atomic mass is 32.2. The summed E-state index contributed by atoms with van der Waals surface area (Å²) in [6, 6.07) is 4.36. The average molecular weight is 508 g/mol. The van der Waals surface area contributed by atoms with Gasteiger partial charge in [0.2, 0.25) is 0 Å². The molecule has 2 amide bonds. The van der Waals surface area contributed by atoms with Crippen molar-refractivity contribution in [2.45, 2.75) is 55.7 Å². The van der Waals surface area contributed by atoms with E-state index in [9.17, 15) is 24.2 Å². The number of anilines is 2. The van der Waals surface area contributed by atoms with Gasteiger partial charge in [-0.1, -0.05) is 0 Å². The second kappa shape index (κ2) is 10.6. The number of carbonyl (C=O) groups is 2. The van der Waals surface area contributed by atoms with E-state index < -0.39 is 29.6 Å². The van der Waals surface area contributed by atoms with Gasteiger partial charge in [-0.3, -0.25) is 9.59 Å². The number of rotatable bonds is 7. The van der Waals surface area contributed by atoms with Crippen LogP contribution in [0.1, 0.15) is 32.6 Å². The van der Waals surface area contributed by atoms with Crippen LogP contribution in [0.4, 0.5) is 15.8 Å². The van der Waals surface area contributed by atoms with Crippen LogP contribution in [-0.4, -0.2) is 76.2 Å². The molecule has 6 N–H and O–H groups in total. The minimum Gasteiger partial charge on any atom is -0.397 e. The van der Waals surface area contributed by atoms with Gasteiger partial charge in [-0.25, -0.2) is 4.39 Å². The van der Waals surface area contributed by atoms with E-state index in [1.807, 2.05) is 18.5 Å². The predicted octanol–water partition coefficient (Wildman–Crippen LogP) is 0.977. The summed E-state index contributed by atoms with van der Waals surface area (Å²) < 4.78 is 13.3. The van der Waals surface area contributed by atoms with Crippen LogP contribution in [-0.2, 0) is 9.59 Å². The maximum Gasteiger partial charge on any atom is 0.255 e. The van der Waals surface area contributed by atoms with Crippen LogP contribution in [0.5, 0.6) is 0 Å². The summed E-state index contributed by atoms with van der Waals surface area (Å²) in [6.45, 7) is 4.17. The fourth-order valence-corrected chi connectivity index (χ4v) is 6.22. The van der Waals surface area contributed by atoms with Crippen molar-refractivity contribution in [3.8, 4) is 0 Å². The standard InChI is InChI=1S/C24H34FN5O4S/c1-24(23-27-8-12-35-23)7-2-9-30(24)22(34)20(32)19(31)21(33)28-14-15-5-10-29(11-6-15)18-4-3-16(25)13-17(18)26/h3-4,8,12-13,15,19-20,23,27,31-32H,2,5-7,9-11,14,26H2,1H3,(H,28,33)/t19-,20-,23?,24-/m1/s1. The van der Waals surface area contributed by atoms with Gasteiger partial charge in [0.05, 0.1) is 22.3 Å². The number of aliphatic hydroxyl groups is 2. The third-order valence-corrected chi connectivity index (χ3v) is 8.58. The number of benzene rings is 1. The molecule has 2 fully saturated rings. The largest absolute Gasteiger partial charge is 0.397 e. The monoisotopic (exact) mass is 507 g/mol. The van der Waals surface area contributed by atoms with Crippen molar-refractivity contribution in [1.82, 2.24) is 15.5 Å². The summed E-state index contributed by atoms with van der Waals surface area (Å²) in [5.74, 6) is -1.58. The van der Waals surface area contributed by atoms with Gasteiger partial charge in [0, 0.05) is 32.4 Å². The molecule has 1 aromatic rings. The normalized spacial score (nSPS) is 26.5. The molecule has 2 saturated heterocycles. The summed E-state index contributed by atoms with van der Waals surface area (Å²) in [6.07, 6.45) is 1.28. The van der Waals surface area contributed by atoms with Crippen molar-refractivity contribution in [1.29, 1.82) is 0 Å². The summed E-state index contributed by atoms with van der Waals surface area (Å²) >= 11 is 1.57. The predicted molar refractivity (Wildman–Crippen MR) is 134 cm³/mol. The molecule has 4 atom stereocenters. The lowest BCUT2D eigenvalue weighted by Gasteiger charge is -2.41. The molecular weight excluding hydrogens is 473 g/mol. The second-order valence-corrected chi connectivity index (χ2v) is 10.7. The highest BCUT2D eigenvalue weighted by molar-refractivity contribution is 8.03. The number of thioether (sulfide) groups is 1. The Labute approximate surface area is 208 Å². The molecular formula is C24H34FN5O4S. The summed E-state index contributed by atoms with van der Waals surface area (Å²) in [7, 11) is 0. The first-order chi connectivity index (χ1) is 16.7. The molecule has 0 aromatic heterocycles. The van der Waals surface area contributed by atoms with E-state index in [2.05, 4.69) is 15.5 Å². The van der Waals surface area contributed by atoms with Gasteiger partial charge in [-0.15, -0.1) is 11.8 Å². The lowest BCUT2D eigenvalue weighted by atomic mass is 9.95. The zero-order chi connectivity index (χ0) is 25.2. The van der Waals surface area contributed by atoms with Gasteiger partial charge in [-0.05, 0) is 62.1 Å². The molecule has 35 heavy (non-hydrogen) atoms. The van der Waals surface area contributed by atoms with Crippen LogP contribution < -0.4 is 21.3 Å². The van der Waals surface area contributed by atoms with Gasteiger partial charge in [0.15, 0.2) is 12.2 Å². The molecule has 0 radical (unpaired) electrons. The minimum absolute atomic E-state index is 0.0387. The van der Waals surface area contributed by atoms with Crippen molar-refractivity contribution in [2.24, 2.45) is 5.92 Å². The van der Waals surface area contributed by atoms with Crippen LogP contribution in [0, 0.1) is 11.7 Å². The number of likely N-dealkylation sites (tertiary alicyclic amines) is 1. The van der Waals surface area contributed by atoms with E-state index in [4.69, 9.17) is 5.73 Å². The molecule has 11 heteroatoms. The molecule has 0 spiro atoms. The zero-order valence-corrected chi connectivity index (χ0v) is 20.6. The van der Waals surface area contributed by atoms with Gasteiger partial charge in [0.1, 0.15) is 5.82 Å².